The van der Waals surface area contributed by atoms with E-state index in [0.717, 1.165) is 0 Å². The summed E-state index contributed by atoms with van der Waals surface area (Å²) < 4.78 is 0. The molecule has 0 heterocycles. The zero-order valence-corrected chi connectivity index (χ0v) is 6.35. The highest BCUT2D eigenvalue weighted by molar-refractivity contribution is 7.80. The molecule has 0 saturated heterocycles. The molecule has 0 aliphatic rings. The molecule has 0 unspecified atom stereocenters. The van der Waals surface area contributed by atoms with Crippen molar-refractivity contribution in [2.75, 3.05) is 0 Å². The minimum atomic E-state index is 0.439. The maximum atomic E-state index is 8.48. The van der Waals surface area contributed by atoms with Crippen LogP contribution in [0.3, 0.4) is 0 Å². The molecule has 51 valence electrons. The molecule has 0 bridgehead atoms. The van der Waals surface area contributed by atoms with Gasteiger partial charge in [-0.25, -0.2) is 0 Å². The van der Waals surface area contributed by atoms with E-state index in [1.807, 2.05) is 12.1 Å². The molecule has 0 aliphatic carbocycles. The average molecular weight is 159 g/mol. The van der Waals surface area contributed by atoms with Crippen LogP contribution in [0.4, 0.5) is 0 Å². The van der Waals surface area contributed by atoms with Crippen molar-refractivity contribution >= 4 is 12.6 Å². The number of hydrogen-bond acceptors (Lipinski definition) is 2. The summed E-state index contributed by atoms with van der Waals surface area (Å²) in [6.45, 7) is 0. The molecule has 0 N–H and O–H groups in total. The fraction of sp³-hybridized carbons (Fsp3) is 0. The Balaban J connectivity index is 3.28. The van der Waals surface area contributed by atoms with E-state index in [4.69, 9.17) is 23.2 Å². The molecule has 1 rings (SSSR count). The summed E-state index contributed by atoms with van der Waals surface area (Å²) in [6, 6.07) is 8.49. The lowest BCUT2D eigenvalue weighted by molar-refractivity contribution is 1.37. The standard InChI is InChI=1S/C8H3N2S/c9-4-6-1-7(5-10)3-8(11)2-6/h1-3H. The van der Waals surface area contributed by atoms with E-state index in [-0.39, 0.29) is 0 Å². The molecule has 0 atom stereocenters. The van der Waals surface area contributed by atoms with Crippen molar-refractivity contribution in [1.82, 2.24) is 0 Å². The molecule has 0 aromatic heterocycles. The normalized spacial score (nSPS) is 8.18. The van der Waals surface area contributed by atoms with Crippen molar-refractivity contribution in [2.45, 2.75) is 4.90 Å². The third-order valence-electron chi connectivity index (χ3n) is 1.16. The topological polar surface area (TPSA) is 47.6 Å². The second-order valence-corrected chi connectivity index (χ2v) is 2.44. The summed E-state index contributed by atoms with van der Waals surface area (Å²) in [7, 11) is 0. The van der Waals surface area contributed by atoms with Gasteiger partial charge >= 0.3 is 0 Å². The van der Waals surface area contributed by atoms with Gasteiger partial charge in [0.25, 0.3) is 0 Å². The predicted octanol–water partition coefficient (Wildman–Crippen LogP) is 1.99. The van der Waals surface area contributed by atoms with Gasteiger partial charge in [-0.1, -0.05) is 12.6 Å². The first-order valence-electron chi connectivity index (χ1n) is 2.88. The lowest BCUT2D eigenvalue weighted by Gasteiger charge is -1.91. The van der Waals surface area contributed by atoms with Crippen LogP contribution >= 0.6 is 12.6 Å². The first-order valence-corrected chi connectivity index (χ1v) is 3.29. The summed E-state index contributed by atoms with van der Waals surface area (Å²) >= 11 is 4.82. The largest absolute Gasteiger partial charge is 0.192 e. The van der Waals surface area contributed by atoms with Crippen LogP contribution in [0.25, 0.3) is 0 Å². The molecule has 0 saturated carbocycles. The molecule has 1 radical (unpaired) electrons. The summed E-state index contributed by atoms with van der Waals surface area (Å²) in [4.78, 5) is 0.528. The van der Waals surface area contributed by atoms with Crippen molar-refractivity contribution in [3.63, 3.8) is 0 Å². The van der Waals surface area contributed by atoms with E-state index in [1.54, 1.807) is 12.1 Å². The van der Waals surface area contributed by atoms with Crippen molar-refractivity contribution in [3.8, 4) is 12.1 Å². The van der Waals surface area contributed by atoms with Crippen LogP contribution in [-0.2, 0) is 0 Å². The summed E-state index contributed by atoms with van der Waals surface area (Å²) in [5.41, 5.74) is 0.878. The predicted molar refractivity (Wildman–Crippen MR) is 41.7 cm³/mol. The third kappa shape index (κ3) is 1.67. The zero-order chi connectivity index (χ0) is 8.27. The van der Waals surface area contributed by atoms with Gasteiger partial charge in [0.1, 0.15) is 0 Å². The first-order chi connectivity index (χ1) is 5.26. The second kappa shape index (κ2) is 3.01. The highest BCUT2D eigenvalue weighted by atomic mass is 32.1. The minimum absolute atomic E-state index is 0.439. The summed E-state index contributed by atoms with van der Waals surface area (Å²) in [6.07, 6.45) is 0. The van der Waals surface area contributed by atoms with Crippen LogP contribution in [0.2, 0.25) is 0 Å². The lowest BCUT2D eigenvalue weighted by atomic mass is 10.1. The molecule has 0 spiro atoms. The van der Waals surface area contributed by atoms with Crippen molar-refractivity contribution in [3.05, 3.63) is 29.3 Å². The van der Waals surface area contributed by atoms with Gasteiger partial charge in [0.15, 0.2) is 0 Å². The van der Waals surface area contributed by atoms with Gasteiger partial charge in [-0.05, 0) is 18.2 Å². The highest BCUT2D eigenvalue weighted by Gasteiger charge is 1.96. The Morgan fingerprint density at radius 3 is 1.82 bits per heavy atom. The van der Waals surface area contributed by atoms with E-state index in [9.17, 15) is 0 Å². The van der Waals surface area contributed by atoms with E-state index < -0.39 is 0 Å². The van der Waals surface area contributed by atoms with Crippen LogP contribution in [0, 0.1) is 22.7 Å². The molecule has 0 aliphatic heterocycles. The molecule has 3 heteroatoms. The Morgan fingerprint density at radius 1 is 1.00 bits per heavy atom. The molecule has 2 nitrogen and oxygen atoms in total. The fourth-order valence-corrected chi connectivity index (χ4v) is 0.982. The smallest absolute Gasteiger partial charge is 0.0992 e. The third-order valence-corrected chi connectivity index (χ3v) is 1.40. The molecule has 0 amide bonds. The SMILES string of the molecule is N#Cc1cc([S])cc(C#N)c1. The number of rotatable bonds is 0. The molecule has 1 aromatic carbocycles. The number of benzene rings is 1. The van der Waals surface area contributed by atoms with E-state index in [0.29, 0.717) is 16.0 Å². The maximum absolute atomic E-state index is 8.48. The summed E-state index contributed by atoms with van der Waals surface area (Å²) in [5.74, 6) is 0. The van der Waals surface area contributed by atoms with Crippen LogP contribution in [0.5, 0.6) is 0 Å². The van der Waals surface area contributed by atoms with Crippen molar-refractivity contribution in [2.24, 2.45) is 0 Å². The Bertz CT molecular complexity index is 325. The molecular weight excluding hydrogens is 156 g/mol. The first kappa shape index (κ1) is 7.53. The molecule has 1 aromatic rings. The van der Waals surface area contributed by atoms with Crippen molar-refractivity contribution < 1.29 is 0 Å². The maximum Gasteiger partial charge on any atom is 0.0992 e. The van der Waals surface area contributed by atoms with E-state index >= 15 is 0 Å². The van der Waals surface area contributed by atoms with Gasteiger partial charge in [0.05, 0.1) is 23.3 Å². The van der Waals surface area contributed by atoms with Crippen LogP contribution in [-0.4, -0.2) is 0 Å². The zero-order valence-electron chi connectivity index (χ0n) is 5.53. The van der Waals surface area contributed by atoms with Crippen LogP contribution in [0.1, 0.15) is 11.1 Å². The highest BCUT2D eigenvalue weighted by Crippen LogP contribution is 2.11. The molecular formula is C8H3N2S. The monoisotopic (exact) mass is 159 g/mol. The average Bonchev–Trinajstić information content (AvgIpc) is 2.03. The van der Waals surface area contributed by atoms with E-state index in [1.165, 1.54) is 6.07 Å². The van der Waals surface area contributed by atoms with Crippen molar-refractivity contribution in [1.29, 1.82) is 10.5 Å². The van der Waals surface area contributed by atoms with Gasteiger partial charge in [0, 0.05) is 4.90 Å². The Morgan fingerprint density at radius 2 is 1.45 bits per heavy atom. The van der Waals surface area contributed by atoms with Gasteiger partial charge in [0.2, 0.25) is 0 Å². The van der Waals surface area contributed by atoms with Gasteiger partial charge in [-0.15, -0.1) is 0 Å². The lowest BCUT2D eigenvalue weighted by Crippen LogP contribution is -1.78. The summed E-state index contributed by atoms with van der Waals surface area (Å²) in [5, 5.41) is 17.0. The van der Waals surface area contributed by atoms with E-state index in [2.05, 4.69) is 0 Å². The van der Waals surface area contributed by atoms with Gasteiger partial charge in [-0.2, -0.15) is 10.5 Å². The Hall–Kier alpha value is -1.58. The number of hydrogen-bond donors (Lipinski definition) is 0. The van der Waals surface area contributed by atoms with Crippen LogP contribution in [0.15, 0.2) is 23.1 Å². The van der Waals surface area contributed by atoms with Crippen LogP contribution < -0.4 is 0 Å². The quantitative estimate of drug-likeness (QED) is 0.581. The number of nitrogens with zero attached hydrogens (tertiary/aromatic N) is 2. The Kier molecular flexibility index (Phi) is 2.06. The fourth-order valence-electron chi connectivity index (χ4n) is 0.728. The number of nitriles is 2. The van der Waals surface area contributed by atoms with Gasteiger partial charge in [-0.3, -0.25) is 0 Å². The second-order valence-electron chi connectivity index (χ2n) is 1.97. The minimum Gasteiger partial charge on any atom is -0.192 e. The van der Waals surface area contributed by atoms with Gasteiger partial charge < -0.3 is 0 Å². The Labute approximate surface area is 70.1 Å². The molecule has 11 heavy (non-hydrogen) atoms. The molecule has 0 fully saturated rings.